The average molecular weight is 378 g/mol. The van der Waals surface area contributed by atoms with Crippen LogP contribution in [0, 0.1) is 0 Å². The van der Waals surface area contributed by atoms with Gasteiger partial charge in [0.25, 0.3) is 0 Å². The molecule has 0 saturated heterocycles. The molecule has 0 bridgehead atoms. The van der Waals surface area contributed by atoms with Gasteiger partial charge in [-0.1, -0.05) is 55.5 Å². The molecular weight excluding hydrogens is 360 g/mol. The molecule has 2 aromatic carbocycles. The van der Waals surface area contributed by atoms with E-state index >= 15 is 0 Å². The van der Waals surface area contributed by atoms with Crippen LogP contribution in [0.3, 0.4) is 0 Å². The molecule has 0 radical (unpaired) electrons. The zero-order valence-corrected chi connectivity index (χ0v) is 15.1. The van der Waals surface area contributed by atoms with E-state index in [0.717, 1.165) is 22.3 Å². The normalized spacial score (nSPS) is 12.3. The number of carboxylic acids is 1. The quantitative estimate of drug-likeness (QED) is 0.686. The van der Waals surface area contributed by atoms with Gasteiger partial charge in [-0.15, -0.1) is 0 Å². The third kappa shape index (κ3) is 3.11. The number of carbonyl (C=O) groups excluding carboxylic acids is 1. The number of anilines is 1. The number of benzene rings is 2. The van der Waals surface area contributed by atoms with Gasteiger partial charge in [0.2, 0.25) is 11.6 Å². The highest BCUT2D eigenvalue weighted by molar-refractivity contribution is 5.95. The number of aromatic carboxylic acids is 1. The molecule has 142 valence electrons. The Morgan fingerprint density at radius 3 is 2.29 bits per heavy atom. The molecule has 3 aromatic rings. The number of nitrogens with zero attached hydrogens (tertiary/aromatic N) is 1. The van der Waals surface area contributed by atoms with Crippen molar-refractivity contribution in [1.29, 1.82) is 0 Å². The van der Waals surface area contributed by atoms with Gasteiger partial charge in [0.05, 0.1) is 0 Å². The van der Waals surface area contributed by atoms with Crippen molar-refractivity contribution in [3.8, 4) is 11.1 Å². The lowest BCUT2D eigenvalue weighted by molar-refractivity contribution is 0.0692. The Labute approximate surface area is 161 Å². The Bertz CT molecular complexity index is 1010. The summed E-state index contributed by atoms with van der Waals surface area (Å²) in [6.45, 7) is 1.89. The van der Waals surface area contributed by atoms with E-state index in [1.54, 1.807) is 6.92 Å². The highest BCUT2D eigenvalue weighted by atomic mass is 16.6. The minimum atomic E-state index is -1.28. The molecule has 0 spiro atoms. The zero-order chi connectivity index (χ0) is 19.7. The van der Waals surface area contributed by atoms with Gasteiger partial charge >= 0.3 is 12.1 Å². The molecule has 0 atom stereocenters. The summed E-state index contributed by atoms with van der Waals surface area (Å²) in [6.07, 6.45) is -0.379. The van der Waals surface area contributed by atoms with Crippen LogP contribution in [-0.4, -0.2) is 28.8 Å². The van der Waals surface area contributed by atoms with Crippen molar-refractivity contribution >= 4 is 17.9 Å². The fourth-order valence-electron chi connectivity index (χ4n) is 3.47. The first kappa shape index (κ1) is 17.8. The molecule has 7 heteroatoms. The van der Waals surface area contributed by atoms with Gasteiger partial charge in [0.15, 0.2) is 5.89 Å². The molecule has 2 N–H and O–H groups in total. The van der Waals surface area contributed by atoms with Crippen molar-refractivity contribution in [2.75, 3.05) is 11.9 Å². The van der Waals surface area contributed by atoms with Crippen molar-refractivity contribution < 1.29 is 23.8 Å². The minimum Gasteiger partial charge on any atom is -0.476 e. The highest BCUT2D eigenvalue weighted by Gasteiger charge is 2.29. The molecule has 1 aliphatic rings. The summed E-state index contributed by atoms with van der Waals surface area (Å²) in [7, 11) is 0. The standard InChI is InChI=1S/C21H18N2O5/c1-2-17-22-18(20(24)25)19(28-17)23-21(26)27-11-16-14-9-5-3-7-12(14)13-8-4-6-10-15(13)16/h3-10,16H,2,11H2,1H3,(H,23,26)(H,24,25). The van der Waals surface area contributed by atoms with E-state index in [-0.39, 0.29) is 30.0 Å². The molecule has 1 heterocycles. The average Bonchev–Trinajstić information content (AvgIpc) is 3.25. The lowest BCUT2D eigenvalue weighted by Gasteiger charge is -2.14. The van der Waals surface area contributed by atoms with E-state index in [1.165, 1.54) is 0 Å². The molecule has 28 heavy (non-hydrogen) atoms. The lowest BCUT2D eigenvalue weighted by atomic mass is 9.98. The van der Waals surface area contributed by atoms with Crippen molar-refractivity contribution in [2.45, 2.75) is 19.3 Å². The Morgan fingerprint density at radius 1 is 1.11 bits per heavy atom. The van der Waals surface area contributed by atoms with E-state index < -0.39 is 12.1 Å². The first-order chi connectivity index (χ1) is 13.6. The maximum atomic E-state index is 12.3. The maximum Gasteiger partial charge on any atom is 0.414 e. The zero-order valence-electron chi connectivity index (χ0n) is 15.1. The molecule has 0 aliphatic heterocycles. The van der Waals surface area contributed by atoms with E-state index in [2.05, 4.69) is 10.3 Å². The van der Waals surface area contributed by atoms with Crippen LogP contribution in [0.5, 0.6) is 0 Å². The SMILES string of the molecule is CCc1nc(C(=O)O)c(NC(=O)OCC2c3ccccc3-c3ccccc32)o1. The van der Waals surface area contributed by atoms with E-state index in [9.17, 15) is 14.7 Å². The molecule has 7 nitrogen and oxygen atoms in total. The van der Waals surface area contributed by atoms with Crippen LogP contribution in [0.4, 0.5) is 10.7 Å². The summed E-state index contributed by atoms with van der Waals surface area (Å²) in [5.41, 5.74) is 4.10. The van der Waals surface area contributed by atoms with Gasteiger partial charge in [0, 0.05) is 12.3 Å². The monoisotopic (exact) mass is 378 g/mol. The van der Waals surface area contributed by atoms with Gasteiger partial charge in [-0.3, -0.25) is 5.32 Å². The summed E-state index contributed by atoms with van der Waals surface area (Å²) in [5, 5.41) is 11.5. The molecule has 4 rings (SSSR count). The molecular formula is C21H18N2O5. The molecule has 0 saturated carbocycles. The molecule has 1 aromatic heterocycles. The van der Waals surface area contributed by atoms with Gasteiger partial charge < -0.3 is 14.3 Å². The predicted molar refractivity (Wildman–Crippen MR) is 102 cm³/mol. The number of hydrogen-bond acceptors (Lipinski definition) is 5. The van der Waals surface area contributed by atoms with Gasteiger partial charge in [-0.05, 0) is 22.3 Å². The second kappa shape index (κ2) is 7.19. The number of rotatable bonds is 5. The smallest absolute Gasteiger partial charge is 0.414 e. The molecule has 1 amide bonds. The maximum absolute atomic E-state index is 12.3. The fraction of sp³-hybridized carbons (Fsp3) is 0.190. The Kier molecular flexibility index (Phi) is 4.57. The summed E-state index contributed by atoms with van der Waals surface area (Å²) >= 11 is 0. The topological polar surface area (TPSA) is 102 Å². The number of nitrogens with one attached hydrogen (secondary N) is 1. The van der Waals surface area contributed by atoms with E-state index in [1.807, 2.05) is 48.5 Å². The van der Waals surface area contributed by atoms with Crippen LogP contribution in [-0.2, 0) is 11.2 Å². The first-order valence-corrected chi connectivity index (χ1v) is 8.93. The molecule has 0 unspecified atom stereocenters. The number of carboxylic acid groups (broad SMARTS) is 1. The van der Waals surface area contributed by atoms with Gasteiger partial charge in [0.1, 0.15) is 6.61 Å². The Morgan fingerprint density at radius 2 is 1.71 bits per heavy atom. The number of ether oxygens (including phenoxy) is 1. The summed E-state index contributed by atoms with van der Waals surface area (Å²) in [5.74, 6) is -1.36. The Hall–Kier alpha value is -3.61. The Balaban J connectivity index is 1.50. The van der Waals surface area contributed by atoms with Crippen molar-refractivity contribution in [1.82, 2.24) is 4.98 Å². The fourth-order valence-corrected chi connectivity index (χ4v) is 3.47. The minimum absolute atomic E-state index is 0.0852. The van der Waals surface area contributed by atoms with Crippen LogP contribution in [0.15, 0.2) is 52.9 Å². The van der Waals surface area contributed by atoms with Crippen LogP contribution in [0.25, 0.3) is 11.1 Å². The highest BCUT2D eigenvalue weighted by Crippen LogP contribution is 2.44. The lowest BCUT2D eigenvalue weighted by Crippen LogP contribution is -2.18. The number of aromatic nitrogens is 1. The van der Waals surface area contributed by atoms with Gasteiger partial charge in [-0.25, -0.2) is 14.6 Å². The number of carbonyl (C=O) groups is 2. The van der Waals surface area contributed by atoms with E-state index in [0.29, 0.717) is 6.42 Å². The van der Waals surface area contributed by atoms with Crippen LogP contribution < -0.4 is 5.32 Å². The van der Waals surface area contributed by atoms with Crippen molar-refractivity contribution in [2.24, 2.45) is 0 Å². The molecule has 1 aliphatic carbocycles. The second-order valence-electron chi connectivity index (χ2n) is 6.39. The van der Waals surface area contributed by atoms with Crippen molar-refractivity contribution in [3.63, 3.8) is 0 Å². The number of fused-ring (bicyclic) bond motifs is 3. The van der Waals surface area contributed by atoms with Crippen LogP contribution in [0.2, 0.25) is 0 Å². The van der Waals surface area contributed by atoms with Crippen LogP contribution >= 0.6 is 0 Å². The predicted octanol–water partition coefficient (Wildman–Crippen LogP) is 4.30. The van der Waals surface area contributed by atoms with Gasteiger partial charge in [-0.2, -0.15) is 0 Å². The summed E-state index contributed by atoms with van der Waals surface area (Å²) < 4.78 is 10.7. The number of aryl methyl sites for hydroxylation is 1. The number of oxazole rings is 1. The third-order valence-electron chi connectivity index (χ3n) is 4.74. The number of hydrogen-bond donors (Lipinski definition) is 2. The summed E-state index contributed by atoms with van der Waals surface area (Å²) in [6, 6.07) is 16.0. The number of amides is 1. The van der Waals surface area contributed by atoms with Crippen molar-refractivity contribution in [3.05, 3.63) is 71.2 Å². The second-order valence-corrected chi connectivity index (χ2v) is 6.39. The third-order valence-corrected chi connectivity index (χ3v) is 4.74. The molecule has 0 fully saturated rings. The summed E-state index contributed by atoms with van der Waals surface area (Å²) in [4.78, 5) is 27.4. The van der Waals surface area contributed by atoms with Crippen LogP contribution in [0.1, 0.15) is 40.3 Å². The largest absolute Gasteiger partial charge is 0.476 e. The van der Waals surface area contributed by atoms with E-state index in [4.69, 9.17) is 9.15 Å². The first-order valence-electron chi connectivity index (χ1n) is 8.93.